The maximum atomic E-state index is 12.5. The number of para-hydroxylation sites is 1. The van der Waals surface area contributed by atoms with E-state index in [1.54, 1.807) is 0 Å². The first-order valence-electron chi connectivity index (χ1n) is 8.69. The molecule has 1 aliphatic heterocycles. The number of piperidine rings is 1. The van der Waals surface area contributed by atoms with Gasteiger partial charge in [-0.1, -0.05) is 18.2 Å². The number of hydrogen-bond acceptors (Lipinski definition) is 3. The monoisotopic (exact) mass is 357 g/mol. The lowest BCUT2D eigenvalue weighted by Gasteiger charge is -2.23. The van der Waals surface area contributed by atoms with Crippen LogP contribution in [0, 0.1) is 11.3 Å². The first-order chi connectivity index (χ1) is 11.8. The summed E-state index contributed by atoms with van der Waals surface area (Å²) in [5.41, 5.74) is 3.22. The zero-order chi connectivity index (χ0) is 16.4. The molecule has 0 radical (unpaired) electrons. The minimum absolute atomic E-state index is 0. The van der Waals surface area contributed by atoms with Gasteiger partial charge < -0.3 is 16.0 Å². The van der Waals surface area contributed by atoms with Crippen molar-refractivity contribution in [2.24, 2.45) is 11.3 Å². The predicted molar refractivity (Wildman–Crippen MR) is 105 cm³/mol. The average molecular weight is 358 g/mol. The number of benzene rings is 2. The normalized spacial score (nSPS) is 20.4. The van der Waals surface area contributed by atoms with E-state index in [2.05, 4.69) is 16.0 Å². The fraction of sp³-hybridized carbons (Fsp3) is 0.350. The van der Waals surface area contributed by atoms with Gasteiger partial charge in [0.25, 0.3) is 0 Å². The van der Waals surface area contributed by atoms with Crippen LogP contribution in [0.5, 0.6) is 0 Å². The highest BCUT2D eigenvalue weighted by Gasteiger charge is 2.57. The molecule has 5 heteroatoms. The largest absolute Gasteiger partial charge is 0.356 e. The van der Waals surface area contributed by atoms with Gasteiger partial charge >= 0.3 is 0 Å². The molecule has 1 saturated heterocycles. The first kappa shape index (κ1) is 17.8. The molecule has 1 spiro atoms. The molecule has 132 valence electrons. The Balaban J connectivity index is 0.00000182. The van der Waals surface area contributed by atoms with Crippen molar-refractivity contribution in [3.05, 3.63) is 54.6 Å². The number of carbonyl (C=O) groups excluding carboxylic acids is 1. The minimum atomic E-state index is 0. The molecule has 3 N–H and O–H groups in total. The lowest BCUT2D eigenvalue weighted by molar-refractivity contribution is -0.118. The van der Waals surface area contributed by atoms with E-state index in [0.717, 1.165) is 49.4 Å². The predicted octanol–water partition coefficient (Wildman–Crippen LogP) is 4.18. The van der Waals surface area contributed by atoms with Crippen molar-refractivity contribution in [1.82, 2.24) is 5.32 Å². The highest BCUT2D eigenvalue weighted by Crippen LogP contribution is 2.58. The first-order valence-corrected chi connectivity index (χ1v) is 8.69. The third-order valence-corrected chi connectivity index (χ3v) is 5.32. The Kier molecular flexibility index (Phi) is 5.30. The number of hydrogen-bond donors (Lipinski definition) is 3. The van der Waals surface area contributed by atoms with Gasteiger partial charge in [-0.25, -0.2) is 0 Å². The van der Waals surface area contributed by atoms with Crippen LogP contribution < -0.4 is 16.0 Å². The fourth-order valence-corrected chi connectivity index (χ4v) is 3.75. The fourth-order valence-electron chi connectivity index (χ4n) is 3.75. The van der Waals surface area contributed by atoms with Gasteiger partial charge in [-0.2, -0.15) is 0 Å². The number of nitrogens with one attached hydrogen (secondary N) is 3. The van der Waals surface area contributed by atoms with Gasteiger partial charge in [0.05, 0.1) is 0 Å². The molecular weight excluding hydrogens is 334 g/mol. The lowest BCUT2D eigenvalue weighted by atomic mass is 9.92. The van der Waals surface area contributed by atoms with E-state index in [0.29, 0.717) is 0 Å². The number of rotatable bonds is 4. The molecule has 1 atom stereocenters. The quantitative estimate of drug-likeness (QED) is 0.769. The van der Waals surface area contributed by atoms with E-state index < -0.39 is 0 Å². The average Bonchev–Trinajstić information content (AvgIpc) is 3.31. The van der Waals surface area contributed by atoms with Crippen LogP contribution in [0.2, 0.25) is 0 Å². The maximum absolute atomic E-state index is 12.5. The van der Waals surface area contributed by atoms with Crippen LogP contribution in [0.15, 0.2) is 54.6 Å². The molecule has 1 heterocycles. The molecule has 2 aromatic rings. The summed E-state index contributed by atoms with van der Waals surface area (Å²) in [7, 11) is 0. The van der Waals surface area contributed by atoms with E-state index in [4.69, 9.17) is 0 Å². The topological polar surface area (TPSA) is 53.2 Å². The van der Waals surface area contributed by atoms with Gasteiger partial charge in [0, 0.05) is 23.0 Å². The summed E-state index contributed by atoms with van der Waals surface area (Å²) in [5, 5.41) is 9.80. The molecule has 2 aliphatic rings. The number of amides is 1. The van der Waals surface area contributed by atoms with Crippen LogP contribution in [0.4, 0.5) is 17.1 Å². The molecule has 2 aromatic carbocycles. The highest BCUT2D eigenvalue weighted by molar-refractivity contribution is 5.95. The standard InChI is InChI=1S/C20H23N3O.ClH/c24-19(18-14-20(18)10-12-21-13-11-20)23-17-8-6-16(7-9-17)22-15-4-2-1-3-5-15;/h1-9,18,21-22H,10-14H2,(H,23,24);1H. The molecule has 25 heavy (non-hydrogen) atoms. The van der Waals surface area contributed by atoms with Crippen LogP contribution in [0.1, 0.15) is 19.3 Å². The van der Waals surface area contributed by atoms with Crippen LogP contribution >= 0.6 is 12.4 Å². The Morgan fingerprint density at radius 1 is 0.920 bits per heavy atom. The van der Waals surface area contributed by atoms with Crippen molar-refractivity contribution in [3.63, 3.8) is 0 Å². The van der Waals surface area contributed by atoms with E-state index in [1.807, 2.05) is 54.6 Å². The van der Waals surface area contributed by atoms with Crippen molar-refractivity contribution >= 4 is 35.4 Å². The molecule has 1 unspecified atom stereocenters. The lowest BCUT2D eigenvalue weighted by Crippen LogP contribution is -2.31. The van der Waals surface area contributed by atoms with Gasteiger partial charge in [0.1, 0.15) is 0 Å². The van der Waals surface area contributed by atoms with E-state index in [1.165, 1.54) is 0 Å². The zero-order valence-electron chi connectivity index (χ0n) is 14.1. The Morgan fingerprint density at radius 3 is 2.20 bits per heavy atom. The van der Waals surface area contributed by atoms with Gasteiger partial charge in [0.2, 0.25) is 5.91 Å². The second-order valence-corrected chi connectivity index (χ2v) is 6.93. The van der Waals surface area contributed by atoms with Crippen LogP contribution in [0.25, 0.3) is 0 Å². The summed E-state index contributed by atoms with van der Waals surface area (Å²) in [6.07, 6.45) is 3.31. The van der Waals surface area contributed by atoms with Gasteiger partial charge in [0.15, 0.2) is 0 Å². The summed E-state index contributed by atoms with van der Waals surface area (Å²) >= 11 is 0. The molecule has 1 amide bonds. The number of anilines is 3. The Bertz CT molecular complexity index is 711. The molecule has 1 saturated carbocycles. The summed E-state index contributed by atoms with van der Waals surface area (Å²) < 4.78 is 0. The minimum Gasteiger partial charge on any atom is -0.356 e. The van der Waals surface area contributed by atoms with E-state index in [9.17, 15) is 4.79 Å². The van der Waals surface area contributed by atoms with Gasteiger partial charge in [-0.3, -0.25) is 4.79 Å². The van der Waals surface area contributed by atoms with Gasteiger partial charge in [-0.05, 0) is 74.2 Å². The van der Waals surface area contributed by atoms with Crippen LogP contribution in [-0.2, 0) is 4.79 Å². The highest BCUT2D eigenvalue weighted by atomic mass is 35.5. The van der Waals surface area contributed by atoms with E-state index >= 15 is 0 Å². The third kappa shape index (κ3) is 3.97. The molecule has 2 fully saturated rings. The molecule has 0 bridgehead atoms. The van der Waals surface area contributed by atoms with Crippen molar-refractivity contribution < 1.29 is 4.79 Å². The summed E-state index contributed by atoms with van der Waals surface area (Å²) in [6, 6.07) is 18.0. The Morgan fingerprint density at radius 2 is 1.52 bits per heavy atom. The third-order valence-electron chi connectivity index (χ3n) is 5.32. The molecule has 4 rings (SSSR count). The summed E-state index contributed by atoms with van der Waals surface area (Å²) in [5.74, 6) is 0.377. The molecular formula is C20H24ClN3O. The maximum Gasteiger partial charge on any atom is 0.228 e. The zero-order valence-corrected chi connectivity index (χ0v) is 14.9. The molecule has 4 nitrogen and oxygen atoms in total. The summed E-state index contributed by atoms with van der Waals surface area (Å²) in [6.45, 7) is 2.09. The van der Waals surface area contributed by atoms with Crippen molar-refractivity contribution in [3.8, 4) is 0 Å². The SMILES string of the molecule is Cl.O=C(Nc1ccc(Nc2ccccc2)cc1)C1CC12CCNCC2. The van der Waals surface area contributed by atoms with Gasteiger partial charge in [-0.15, -0.1) is 12.4 Å². The summed E-state index contributed by atoms with van der Waals surface area (Å²) in [4.78, 5) is 12.5. The molecule has 1 aliphatic carbocycles. The Hall–Kier alpha value is -2.04. The van der Waals surface area contributed by atoms with Crippen molar-refractivity contribution in [1.29, 1.82) is 0 Å². The number of carbonyl (C=O) groups is 1. The smallest absolute Gasteiger partial charge is 0.228 e. The van der Waals surface area contributed by atoms with Crippen molar-refractivity contribution in [2.45, 2.75) is 19.3 Å². The Labute approximate surface area is 154 Å². The van der Waals surface area contributed by atoms with Crippen LogP contribution in [0.3, 0.4) is 0 Å². The second kappa shape index (κ2) is 7.46. The van der Waals surface area contributed by atoms with E-state index in [-0.39, 0.29) is 29.6 Å². The van der Waals surface area contributed by atoms with Crippen LogP contribution in [-0.4, -0.2) is 19.0 Å². The second-order valence-electron chi connectivity index (χ2n) is 6.93. The molecule has 0 aromatic heterocycles. The van der Waals surface area contributed by atoms with Crippen molar-refractivity contribution in [2.75, 3.05) is 23.7 Å². The number of halogens is 1.